The van der Waals surface area contributed by atoms with Gasteiger partial charge in [0.2, 0.25) is 11.8 Å². The summed E-state index contributed by atoms with van der Waals surface area (Å²) in [5, 5.41) is 8.34. The molecular weight excluding hydrogens is 308 g/mol. The molecule has 24 heavy (non-hydrogen) atoms. The first kappa shape index (κ1) is 15.5. The van der Waals surface area contributed by atoms with E-state index in [0.717, 1.165) is 50.7 Å². The van der Waals surface area contributed by atoms with Crippen LogP contribution in [0.2, 0.25) is 0 Å². The van der Waals surface area contributed by atoms with Crippen LogP contribution in [0.4, 0.5) is 5.82 Å². The monoisotopic (exact) mass is 330 g/mol. The van der Waals surface area contributed by atoms with E-state index in [2.05, 4.69) is 26.1 Å². The second kappa shape index (κ2) is 7.27. The molecule has 2 fully saturated rings. The molecule has 0 aromatic carbocycles. The first-order chi connectivity index (χ1) is 11.9. The fourth-order valence-electron chi connectivity index (χ4n) is 3.22. The van der Waals surface area contributed by atoms with E-state index in [1.165, 1.54) is 0 Å². The van der Waals surface area contributed by atoms with Gasteiger partial charge < -0.3 is 18.8 Å². The lowest BCUT2D eigenvalue weighted by molar-refractivity contribution is 0.0207. The maximum absolute atomic E-state index is 5.80. The third kappa shape index (κ3) is 3.57. The Labute approximate surface area is 141 Å². The zero-order chi connectivity index (χ0) is 16.2. The molecule has 0 saturated carbocycles. The number of ether oxygens (including phenoxy) is 2. The summed E-state index contributed by atoms with van der Waals surface area (Å²) >= 11 is 0. The van der Waals surface area contributed by atoms with Crippen LogP contribution in [0.5, 0.6) is 0 Å². The Hall–Kier alpha value is -1.99. The highest BCUT2D eigenvalue weighted by molar-refractivity contribution is 5.38. The highest BCUT2D eigenvalue weighted by Crippen LogP contribution is 2.29. The predicted molar refractivity (Wildman–Crippen MR) is 86.7 cm³/mol. The third-order valence-electron chi connectivity index (χ3n) is 4.63. The van der Waals surface area contributed by atoms with Gasteiger partial charge in [-0.25, -0.2) is 4.98 Å². The van der Waals surface area contributed by atoms with E-state index in [4.69, 9.17) is 13.9 Å². The highest BCUT2D eigenvalue weighted by Gasteiger charge is 2.26. The number of nitrogens with zero attached hydrogens (tertiary/aromatic N) is 4. The van der Waals surface area contributed by atoms with Gasteiger partial charge in [-0.15, -0.1) is 10.2 Å². The van der Waals surface area contributed by atoms with E-state index < -0.39 is 0 Å². The first-order valence-corrected chi connectivity index (χ1v) is 8.56. The molecule has 4 rings (SSSR count). The van der Waals surface area contributed by atoms with E-state index in [9.17, 15) is 0 Å². The molecule has 2 aromatic heterocycles. The van der Waals surface area contributed by atoms with Gasteiger partial charge in [-0.05, 0) is 31.4 Å². The van der Waals surface area contributed by atoms with Crippen molar-refractivity contribution in [3.05, 3.63) is 36.2 Å². The van der Waals surface area contributed by atoms with E-state index in [-0.39, 0.29) is 6.10 Å². The molecule has 2 aliphatic rings. The molecule has 2 saturated heterocycles. The van der Waals surface area contributed by atoms with Crippen molar-refractivity contribution in [1.82, 2.24) is 15.2 Å². The molecule has 0 aliphatic carbocycles. The summed E-state index contributed by atoms with van der Waals surface area (Å²) in [7, 11) is 0. The van der Waals surface area contributed by atoms with Crippen molar-refractivity contribution >= 4 is 5.82 Å². The van der Waals surface area contributed by atoms with E-state index >= 15 is 0 Å². The van der Waals surface area contributed by atoms with E-state index in [1.807, 2.05) is 18.3 Å². The molecule has 0 unspecified atom stereocenters. The van der Waals surface area contributed by atoms with Crippen LogP contribution in [0.25, 0.3) is 0 Å². The fraction of sp³-hybridized carbons (Fsp3) is 0.588. The second-order valence-corrected chi connectivity index (χ2v) is 6.28. The molecule has 7 heteroatoms. The summed E-state index contributed by atoms with van der Waals surface area (Å²) in [6.45, 7) is 3.71. The quantitative estimate of drug-likeness (QED) is 0.831. The molecule has 4 heterocycles. The van der Waals surface area contributed by atoms with Crippen molar-refractivity contribution in [1.29, 1.82) is 0 Å². The Morgan fingerprint density at radius 3 is 2.83 bits per heavy atom. The van der Waals surface area contributed by atoms with Crippen LogP contribution >= 0.6 is 0 Å². The lowest BCUT2D eigenvalue weighted by Gasteiger charge is -2.31. The van der Waals surface area contributed by atoms with Gasteiger partial charge in [-0.3, -0.25) is 0 Å². The van der Waals surface area contributed by atoms with Gasteiger partial charge in [0.05, 0.1) is 12.7 Å². The first-order valence-electron chi connectivity index (χ1n) is 8.56. The van der Waals surface area contributed by atoms with Crippen LogP contribution in [0.1, 0.15) is 37.0 Å². The number of anilines is 1. The zero-order valence-electron chi connectivity index (χ0n) is 13.6. The number of hydrogen-bond acceptors (Lipinski definition) is 7. The average molecular weight is 330 g/mol. The molecule has 2 aromatic rings. The molecular formula is C17H22N4O3. The molecule has 0 spiro atoms. The maximum atomic E-state index is 5.80. The van der Waals surface area contributed by atoms with Gasteiger partial charge in [0.15, 0.2) is 0 Å². The summed E-state index contributed by atoms with van der Waals surface area (Å²) in [5.41, 5.74) is 0. The van der Waals surface area contributed by atoms with Crippen molar-refractivity contribution in [2.75, 3.05) is 31.2 Å². The number of pyridine rings is 1. The van der Waals surface area contributed by atoms with Gasteiger partial charge in [-0.1, -0.05) is 6.07 Å². The largest absolute Gasteiger partial charge is 0.422 e. The van der Waals surface area contributed by atoms with Crippen molar-refractivity contribution < 1.29 is 13.9 Å². The van der Waals surface area contributed by atoms with Gasteiger partial charge in [0, 0.05) is 31.8 Å². The minimum atomic E-state index is 0.155. The summed E-state index contributed by atoms with van der Waals surface area (Å²) in [6.07, 6.45) is 4.92. The Morgan fingerprint density at radius 2 is 2.08 bits per heavy atom. The van der Waals surface area contributed by atoms with Crippen LogP contribution in [-0.4, -0.2) is 47.6 Å². The summed E-state index contributed by atoms with van der Waals surface area (Å²) in [5.74, 6) is 2.65. The van der Waals surface area contributed by atoms with Crippen LogP contribution in [-0.2, 0) is 16.1 Å². The molecule has 1 atom stereocenters. The Morgan fingerprint density at radius 1 is 1.17 bits per heavy atom. The minimum Gasteiger partial charge on any atom is -0.422 e. The summed E-state index contributed by atoms with van der Waals surface area (Å²) in [4.78, 5) is 6.72. The number of piperidine rings is 1. The van der Waals surface area contributed by atoms with Gasteiger partial charge in [-0.2, -0.15) is 0 Å². The molecule has 128 valence electrons. The zero-order valence-corrected chi connectivity index (χ0v) is 13.6. The molecule has 0 radical (unpaired) electrons. The topological polar surface area (TPSA) is 73.5 Å². The third-order valence-corrected chi connectivity index (χ3v) is 4.63. The number of rotatable bonds is 5. The van der Waals surface area contributed by atoms with Gasteiger partial charge >= 0.3 is 0 Å². The lowest BCUT2D eigenvalue weighted by Crippen LogP contribution is -2.33. The molecule has 0 amide bonds. The molecule has 7 nitrogen and oxygen atoms in total. The highest BCUT2D eigenvalue weighted by atomic mass is 16.5. The predicted octanol–water partition coefficient (Wildman–Crippen LogP) is 2.15. The van der Waals surface area contributed by atoms with Crippen LogP contribution < -0.4 is 4.90 Å². The van der Waals surface area contributed by atoms with Crippen LogP contribution in [0.3, 0.4) is 0 Å². The minimum absolute atomic E-state index is 0.155. The summed E-state index contributed by atoms with van der Waals surface area (Å²) < 4.78 is 16.8. The fourth-order valence-corrected chi connectivity index (χ4v) is 3.22. The van der Waals surface area contributed by atoms with E-state index in [0.29, 0.717) is 25.0 Å². The normalized spacial score (nSPS) is 22.2. The van der Waals surface area contributed by atoms with Crippen molar-refractivity contribution in [3.63, 3.8) is 0 Å². The second-order valence-electron chi connectivity index (χ2n) is 6.28. The van der Waals surface area contributed by atoms with Crippen LogP contribution in [0, 0.1) is 0 Å². The standard InChI is InChI=1S/C17H22N4O3/c1-2-7-18-15(3-1)21-8-4-13(5-9-21)17-20-19-16(24-17)12-23-14-6-10-22-11-14/h1-3,7,13-14H,4-6,8-12H2/t14-/m0/s1. The van der Waals surface area contributed by atoms with Crippen LogP contribution in [0.15, 0.2) is 28.8 Å². The Kier molecular flexibility index (Phi) is 4.71. The summed E-state index contributed by atoms with van der Waals surface area (Å²) in [6, 6.07) is 6.01. The number of aromatic nitrogens is 3. The average Bonchev–Trinajstić information content (AvgIpc) is 3.33. The lowest BCUT2D eigenvalue weighted by atomic mass is 9.97. The SMILES string of the molecule is c1ccc(N2CCC(c3nnc(CO[C@H]4CCOC4)o3)CC2)nc1. The van der Waals surface area contributed by atoms with Gasteiger partial charge in [0.1, 0.15) is 12.4 Å². The van der Waals surface area contributed by atoms with Crippen molar-refractivity contribution in [2.45, 2.75) is 37.9 Å². The van der Waals surface area contributed by atoms with Gasteiger partial charge in [0.25, 0.3) is 0 Å². The smallest absolute Gasteiger partial charge is 0.242 e. The number of hydrogen-bond donors (Lipinski definition) is 0. The van der Waals surface area contributed by atoms with Crippen molar-refractivity contribution in [3.8, 4) is 0 Å². The Bertz CT molecular complexity index is 634. The molecule has 0 N–H and O–H groups in total. The molecule has 2 aliphatic heterocycles. The Balaban J connectivity index is 1.29. The van der Waals surface area contributed by atoms with Crippen molar-refractivity contribution in [2.24, 2.45) is 0 Å². The maximum Gasteiger partial charge on any atom is 0.242 e. The molecule has 0 bridgehead atoms. The van der Waals surface area contributed by atoms with E-state index in [1.54, 1.807) is 0 Å².